The van der Waals surface area contributed by atoms with Gasteiger partial charge in [-0.3, -0.25) is 4.79 Å². The third kappa shape index (κ3) is 3.67. The minimum Gasteiger partial charge on any atom is -0.347 e. The molecule has 7 heteroatoms. The molecule has 0 fully saturated rings. The zero-order valence-electron chi connectivity index (χ0n) is 18.3. The van der Waals surface area contributed by atoms with Crippen molar-refractivity contribution in [3.05, 3.63) is 71.7 Å². The second-order valence-corrected chi connectivity index (χ2v) is 9.55. The lowest BCUT2D eigenvalue weighted by Gasteiger charge is -2.24. The highest BCUT2D eigenvalue weighted by atomic mass is 32.2. The second-order valence-electron chi connectivity index (χ2n) is 8.24. The van der Waals surface area contributed by atoms with Crippen LogP contribution in [0.3, 0.4) is 0 Å². The van der Waals surface area contributed by atoms with Gasteiger partial charge in [0.25, 0.3) is 0 Å². The molecule has 1 unspecified atom stereocenters. The van der Waals surface area contributed by atoms with E-state index < -0.39 is 0 Å². The number of fused-ring (bicyclic) bond motifs is 1. The number of aromatic nitrogens is 3. The Morgan fingerprint density at radius 1 is 1.10 bits per heavy atom. The first-order valence-corrected chi connectivity index (χ1v) is 11.0. The van der Waals surface area contributed by atoms with E-state index >= 15 is 0 Å². The Labute approximate surface area is 186 Å². The summed E-state index contributed by atoms with van der Waals surface area (Å²) in [6.07, 6.45) is 1.74. The number of para-hydroxylation sites is 1. The molecule has 0 amide bonds. The highest BCUT2D eigenvalue weighted by molar-refractivity contribution is 8.00. The average molecular weight is 437 g/mol. The molecule has 5 nitrogen and oxygen atoms in total. The summed E-state index contributed by atoms with van der Waals surface area (Å²) in [4.78, 5) is 15.2. The third-order valence-corrected chi connectivity index (χ3v) is 7.00. The Bertz CT molecular complexity index is 1180. The van der Waals surface area contributed by atoms with Crippen molar-refractivity contribution in [1.82, 2.24) is 14.8 Å². The molecule has 0 bridgehead atoms. The van der Waals surface area contributed by atoms with Gasteiger partial charge in [-0.1, -0.05) is 55.9 Å². The molecule has 4 rings (SSSR count). The van der Waals surface area contributed by atoms with Crippen molar-refractivity contribution in [3.8, 4) is 11.4 Å². The number of benzene rings is 2. The first-order valence-electron chi connectivity index (χ1n) is 10.1. The van der Waals surface area contributed by atoms with E-state index in [1.807, 2.05) is 26.1 Å². The molecule has 1 aromatic heterocycles. The molecule has 0 saturated carbocycles. The monoisotopic (exact) mass is 436 g/mol. The van der Waals surface area contributed by atoms with E-state index in [4.69, 9.17) is 0 Å². The standard InChI is InChI=1S/C24H25FN4OS/c1-15(31-23-27-26-22(29(23)5)16-10-6-8-12-18(16)25)20(30)14-21-24(2,3)17-11-7-9-13-19(17)28(21)4/h6-15H,1-5H3/b21-14-. The van der Waals surface area contributed by atoms with Crippen LogP contribution in [0.4, 0.5) is 10.1 Å². The van der Waals surface area contributed by atoms with Gasteiger partial charge in [0.15, 0.2) is 16.8 Å². The number of anilines is 1. The fourth-order valence-corrected chi connectivity index (χ4v) is 4.85. The van der Waals surface area contributed by atoms with Gasteiger partial charge in [-0.2, -0.15) is 0 Å². The van der Waals surface area contributed by atoms with Gasteiger partial charge in [0.2, 0.25) is 0 Å². The number of hydrogen-bond donors (Lipinski definition) is 0. The molecule has 1 atom stereocenters. The topological polar surface area (TPSA) is 51.0 Å². The summed E-state index contributed by atoms with van der Waals surface area (Å²) in [7, 11) is 3.78. The van der Waals surface area contributed by atoms with Crippen molar-refractivity contribution in [2.24, 2.45) is 7.05 Å². The smallest absolute Gasteiger partial charge is 0.191 e. The van der Waals surface area contributed by atoms with Crippen LogP contribution in [0, 0.1) is 5.82 Å². The van der Waals surface area contributed by atoms with E-state index in [9.17, 15) is 9.18 Å². The van der Waals surface area contributed by atoms with Gasteiger partial charge in [0.05, 0.1) is 10.8 Å². The van der Waals surface area contributed by atoms with Gasteiger partial charge < -0.3 is 9.47 Å². The van der Waals surface area contributed by atoms with E-state index in [-0.39, 0.29) is 22.3 Å². The third-order valence-electron chi connectivity index (χ3n) is 5.85. The maximum absolute atomic E-state index is 14.2. The van der Waals surface area contributed by atoms with Crippen LogP contribution in [0.2, 0.25) is 0 Å². The SMILES string of the molecule is CC(Sc1nnc(-c2ccccc2F)n1C)C(=O)/C=C1\N(C)c2ccccc2C1(C)C. The van der Waals surface area contributed by atoms with Crippen LogP contribution in [0.5, 0.6) is 0 Å². The highest BCUT2D eigenvalue weighted by Gasteiger charge is 2.38. The number of nitrogens with zero attached hydrogens (tertiary/aromatic N) is 4. The van der Waals surface area contributed by atoms with Crippen LogP contribution in [0.15, 0.2) is 65.5 Å². The molecule has 31 heavy (non-hydrogen) atoms. The molecule has 3 aromatic rings. The summed E-state index contributed by atoms with van der Waals surface area (Å²) < 4.78 is 15.9. The van der Waals surface area contributed by atoms with Crippen LogP contribution in [-0.2, 0) is 17.3 Å². The van der Waals surface area contributed by atoms with Crippen LogP contribution >= 0.6 is 11.8 Å². The molecule has 160 valence electrons. The van der Waals surface area contributed by atoms with Crippen LogP contribution in [0.25, 0.3) is 11.4 Å². The van der Waals surface area contributed by atoms with E-state index in [1.54, 1.807) is 35.9 Å². The molecule has 0 spiro atoms. The van der Waals surface area contributed by atoms with E-state index in [0.717, 1.165) is 11.4 Å². The van der Waals surface area contributed by atoms with Gasteiger partial charge in [0, 0.05) is 37.0 Å². The number of hydrogen-bond acceptors (Lipinski definition) is 5. The van der Waals surface area contributed by atoms with Crippen molar-refractivity contribution < 1.29 is 9.18 Å². The Balaban J connectivity index is 1.56. The van der Waals surface area contributed by atoms with E-state index in [2.05, 4.69) is 41.1 Å². The zero-order chi connectivity index (χ0) is 22.3. The Kier molecular flexibility index (Phi) is 5.47. The lowest BCUT2D eigenvalue weighted by Crippen LogP contribution is -2.25. The van der Waals surface area contributed by atoms with Gasteiger partial charge in [-0.25, -0.2) is 4.39 Å². The lowest BCUT2D eigenvalue weighted by molar-refractivity contribution is -0.114. The molecule has 0 N–H and O–H groups in total. The van der Waals surface area contributed by atoms with Crippen molar-refractivity contribution in [2.45, 2.75) is 36.6 Å². The Hall–Kier alpha value is -2.93. The van der Waals surface area contributed by atoms with Gasteiger partial charge in [-0.05, 0) is 30.7 Å². The van der Waals surface area contributed by atoms with Gasteiger partial charge in [-0.15, -0.1) is 10.2 Å². The number of carbonyl (C=O) groups excluding carboxylic acids is 1. The van der Waals surface area contributed by atoms with Crippen LogP contribution < -0.4 is 4.90 Å². The Morgan fingerprint density at radius 2 is 1.77 bits per heavy atom. The Morgan fingerprint density at radius 3 is 2.48 bits per heavy atom. The molecule has 1 aliphatic heterocycles. The van der Waals surface area contributed by atoms with Crippen LogP contribution in [0.1, 0.15) is 26.3 Å². The molecule has 2 aromatic carbocycles. The average Bonchev–Trinajstić information content (AvgIpc) is 3.19. The van der Waals surface area contributed by atoms with E-state index in [1.165, 1.54) is 23.4 Å². The number of halogens is 1. The summed E-state index contributed by atoms with van der Waals surface area (Å²) >= 11 is 1.32. The highest BCUT2D eigenvalue weighted by Crippen LogP contribution is 2.46. The van der Waals surface area contributed by atoms with Gasteiger partial charge in [0.1, 0.15) is 5.82 Å². The molecule has 0 aliphatic carbocycles. The quantitative estimate of drug-likeness (QED) is 0.417. The van der Waals surface area contributed by atoms with Gasteiger partial charge >= 0.3 is 0 Å². The normalized spacial score (nSPS) is 17.1. The van der Waals surface area contributed by atoms with Crippen molar-refractivity contribution in [2.75, 3.05) is 11.9 Å². The minimum absolute atomic E-state index is 0.00294. The molecule has 0 radical (unpaired) electrons. The molecule has 1 aliphatic rings. The maximum atomic E-state index is 14.2. The maximum Gasteiger partial charge on any atom is 0.191 e. The number of rotatable bonds is 5. The summed E-state index contributed by atoms with van der Waals surface area (Å²) in [6.45, 7) is 6.13. The summed E-state index contributed by atoms with van der Waals surface area (Å²) in [6, 6.07) is 14.7. The fourth-order valence-electron chi connectivity index (χ4n) is 4.02. The first kappa shape index (κ1) is 21.3. The number of likely N-dealkylation sites (N-methyl/N-ethyl adjacent to an activating group) is 1. The predicted octanol–water partition coefficient (Wildman–Crippen LogP) is 4.98. The number of allylic oxidation sites excluding steroid dienone is 2. The predicted molar refractivity (Wildman–Crippen MR) is 123 cm³/mol. The summed E-state index contributed by atoms with van der Waals surface area (Å²) in [5.41, 5.74) is 3.43. The number of thioether (sulfide) groups is 1. The largest absolute Gasteiger partial charge is 0.347 e. The lowest BCUT2D eigenvalue weighted by atomic mass is 9.83. The zero-order valence-corrected chi connectivity index (χ0v) is 19.1. The second kappa shape index (κ2) is 7.96. The number of ketones is 1. The summed E-state index contributed by atoms with van der Waals surface area (Å²) in [5.74, 6) is 0.0864. The van der Waals surface area contributed by atoms with Crippen molar-refractivity contribution in [3.63, 3.8) is 0 Å². The molecular weight excluding hydrogens is 411 g/mol. The number of carbonyl (C=O) groups is 1. The molecule has 0 saturated heterocycles. The molecule has 2 heterocycles. The van der Waals surface area contributed by atoms with Crippen LogP contribution in [-0.4, -0.2) is 32.8 Å². The van der Waals surface area contributed by atoms with Crippen molar-refractivity contribution in [1.29, 1.82) is 0 Å². The fraction of sp³-hybridized carbons (Fsp3) is 0.292. The minimum atomic E-state index is -0.364. The first-order chi connectivity index (χ1) is 14.7. The van der Waals surface area contributed by atoms with Crippen molar-refractivity contribution >= 4 is 23.2 Å². The summed E-state index contributed by atoms with van der Waals surface area (Å²) in [5, 5.41) is 8.54. The molecular formula is C24H25FN4OS. The van der Waals surface area contributed by atoms with E-state index in [0.29, 0.717) is 16.5 Å².